The molecule has 2 atom stereocenters. The molecule has 0 radical (unpaired) electrons. The minimum atomic E-state index is 0.492. The largest absolute Gasteiger partial charge is 0.120 e. The van der Waals surface area contributed by atoms with E-state index in [0.717, 1.165) is 5.92 Å². The summed E-state index contributed by atoms with van der Waals surface area (Å²) >= 11 is 0. The number of unbranched alkanes of at least 4 members (excludes halogenated alkanes) is 1. The Bertz CT molecular complexity index is 150. The molecule has 13 heavy (non-hydrogen) atoms. The molecule has 0 heteroatoms. The minimum absolute atomic E-state index is 0.492. The van der Waals surface area contributed by atoms with Gasteiger partial charge in [0.1, 0.15) is 0 Å². The van der Waals surface area contributed by atoms with Gasteiger partial charge in [-0.15, -0.1) is 12.3 Å². The third-order valence-corrected chi connectivity index (χ3v) is 2.64. The first-order valence-corrected chi connectivity index (χ1v) is 5.57. The van der Waals surface area contributed by atoms with Crippen LogP contribution >= 0.6 is 0 Å². The smallest absolute Gasteiger partial charge is 0.0228 e. The standard InChI is InChI=1S/C13H24/c1-6-8-9-12(5)13(7-2)10-11(3)4/h2,11-13H,6,8-10H2,1,3-5H3. The predicted octanol–water partition coefficient (Wildman–Crippen LogP) is 4.11. The third-order valence-electron chi connectivity index (χ3n) is 2.64. The summed E-state index contributed by atoms with van der Waals surface area (Å²) in [5.41, 5.74) is 0. The summed E-state index contributed by atoms with van der Waals surface area (Å²) in [7, 11) is 0. The fourth-order valence-electron chi connectivity index (χ4n) is 1.70. The van der Waals surface area contributed by atoms with Crippen LogP contribution in [0.2, 0.25) is 0 Å². The maximum Gasteiger partial charge on any atom is 0.0228 e. The van der Waals surface area contributed by atoms with Crippen LogP contribution in [0.25, 0.3) is 0 Å². The first-order chi connectivity index (χ1) is 6.11. The van der Waals surface area contributed by atoms with Crippen LogP contribution in [-0.2, 0) is 0 Å². The van der Waals surface area contributed by atoms with Gasteiger partial charge in [0, 0.05) is 5.92 Å². The third kappa shape index (κ3) is 5.75. The summed E-state index contributed by atoms with van der Waals surface area (Å²) in [5, 5.41) is 0. The highest BCUT2D eigenvalue weighted by Gasteiger charge is 2.15. The molecule has 0 aliphatic carbocycles. The van der Waals surface area contributed by atoms with Crippen molar-refractivity contribution in [2.75, 3.05) is 0 Å². The highest BCUT2D eigenvalue weighted by atomic mass is 14.2. The molecule has 2 unspecified atom stereocenters. The Morgan fingerprint density at radius 1 is 1.23 bits per heavy atom. The highest BCUT2D eigenvalue weighted by Crippen LogP contribution is 2.23. The van der Waals surface area contributed by atoms with E-state index in [0.29, 0.717) is 11.8 Å². The summed E-state index contributed by atoms with van der Waals surface area (Å²) in [6, 6.07) is 0. The second-order valence-electron chi connectivity index (χ2n) is 4.52. The van der Waals surface area contributed by atoms with E-state index < -0.39 is 0 Å². The predicted molar refractivity (Wildman–Crippen MR) is 60.5 cm³/mol. The van der Waals surface area contributed by atoms with Crippen molar-refractivity contribution >= 4 is 0 Å². The van der Waals surface area contributed by atoms with Crippen molar-refractivity contribution in [2.45, 2.75) is 53.4 Å². The molecule has 0 saturated carbocycles. The molecule has 0 aliphatic rings. The fraction of sp³-hybridized carbons (Fsp3) is 0.846. The van der Waals surface area contributed by atoms with E-state index in [1.807, 2.05) is 0 Å². The van der Waals surface area contributed by atoms with Gasteiger partial charge in [-0.3, -0.25) is 0 Å². The number of terminal acetylenes is 1. The van der Waals surface area contributed by atoms with E-state index in [1.165, 1.54) is 25.7 Å². The lowest BCUT2D eigenvalue weighted by atomic mass is 9.84. The average Bonchev–Trinajstić information content (AvgIpc) is 2.09. The quantitative estimate of drug-likeness (QED) is 0.540. The molecule has 0 fully saturated rings. The lowest BCUT2D eigenvalue weighted by Gasteiger charge is -2.20. The van der Waals surface area contributed by atoms with Gasteiger partial charge in [-0.2, -0.15) is 0 Å². The van der Waals surface area contributed by atoms with Crippen molar-refractivity contribution in [2.24, 2.45) is 17.8 Å². The van der Waals surface area contributed by atoms with E-state index in [9.17, 15) is 0 Å². The van der Waals surface area contributed by atoms with Crippen molar-refractivity contribution < 1.29 is 0 Å². The summed E-state index contributed by atoms with van der Waals surface area (Å²) in [5.74, 6) is 4.86. The van der Waals surface area contributed by atoms with Gasteiger partial charge in [-0.05, 0) is 24.7 Å². The molecule has 0 saturated heterocycles. The van der Waals surface area contributed by atoms with E-state index in [2.05, 4.69) is 33.6 Å². The highest BCUT2D eigenvalue weighted by molar-refractivity contribution is 4.95. The summed E-state index contributed by atoms with van der Waals surface area (Å²) < 4.78 is 0. The Hall–Kier alpha value is -0.440. The monoisotopic (exact) mass is 180 g/mol. The van der Waals surface area contributed by atoms with Crippen LogP contribution in [-0.4, -0.2) is 0 Å². The lowest BCUT2D eigenvalue weighted by molar-refractivity contribution is 0.344. The second kappa shape index (κ2) is 7.01. The summed E-state index contributed by atoms with van der Waals surface area (Å²) in [6.07, 6.45) is 10.6. The number of hydrogen-bond donors (Lipinski definition) is 0. The van der Waals surface area contributed by atoms with E-state index in [-0.39, 0.29) is 0 Å². The summed E-state index contributed by atoms with van der Waals surface area (Å²) in [6.45, 7) is 9.02. The van der Waals surface area contributed by atoms with Crippen LogP contribution in [0.3, 0.4) is 0 Å². The molecular formula is C13H24. The van der Waals surface area contributed by atoms with Crippen molar-refractivity contribution in [3.8, 4) is 12.3 Å². The molecule has 0 aromatic heterocycles. The van der Waals surface area contributed by atoms with Crippen LogP contribution in [0, 0.1) is 30.1 Å². The molecule has 76 valence electrons. The number of rotatable bonds is 6. The Morgan fingerprint density at radius 3 is 2.23 bits per heavy atom. The van der Waals surface area contributed by atoms with Gasteiger partial charge in [0.2, 0.25) is 0 Å². The molecule has 0 aliphatic heterocycles. The van der Waals surface area contributed by atoms with Crippen molar-refractivity contribution in [1.82, 2.24) is 0 Å². The van der Waals surface area contributed by atoms with Crippen LogP contribution < -0.4 is 0 Å². The zero-order valence-electron chi connectivity index (χ0n) is 9.64. The first kappa shape index (κ1) is 12.6. The van der Waals surface area contributed by atoms with Crippen LogP contribution in [0.4, 0.5) is 0 Å². The van der Waals surface area contributed by atoms with Crippen molar-refractivity contribution in [3.63, 3.8) is 0 Å². The Balaban J connectivity index is 3.86. The Labute approximate surface area is 84.1 Å². The molecule has 0 aromatic rings. The topological polar surface area (TPSA) is 0 Å². The first-order valence-electron chi connectivity index (χ1n) is 5.57. The normalized spacial score (nSPS) is 15.4. The van der Waals surface area contributed by atoms with E-state index in [1.54, 1.807) is 0 Å². The Kier molecular flexibility index (Phi) is 6.77. The molecule has 0 aromatic carbocycles. The van der Waals surface area contributed by atoms with Gasteiger partial charge in [0.15, 0.2) is 0 Å². The van der Waals surface area contributed by atoms with Crippen LogP contribution in [0.5, 0.6) is 0 Å². The van der Waals surface area contributed by atoms with Crippen LogP contribution in [0.1, 0.15) is 53.4 Å². The molecule has 0 spiro atoms. The minimum Gasteiger partial charge on any atom is -0.120 e. The molecule has 0 bridgehead atoms. The van der Waals surface area contributed by atoms with Gasteiger partial charge >= 0.3 is 0 Å². The average molecular weight is 180 g/mol. The molecular weight excluding hydrogens is 156 g/mol. The fourth-order valence-corrected chi connectivity index (χ4v) is 1.70. The van der Waals surface area contributed by atoms with Crippen molar-refractivity contribution in [3.05, 3.63) is 0 Å². The summed E-state index contributed by atoms with van der Waals surface area (Å²) in [4.78, 5) is 0. The molecule has 0 rings (SSSR count). The van der Waals surface area contributed by atoms with E-state index >= 15 is 0 Å². The number of hydrogen-bond acceptors (Lipinski definition) is 0. The van der Waals surface area contributed by atoms with Gasteiger partial charge in [-0.25, -0.2) is 0 Å². The van der Waals surface area contributed by atoms with Crippen molar-refractivity contribution in [1.29, 1.82) is 0 Å². The zero-order valence-corrected chi connectivity index (χ0v) is 9.64. The van der Waals surface area contributed by atoms with Gasteiger partial charge in [0.05, 0.1) is 0 Å². The van der Waals surface area contributed by atoms with Gasteiger partial charge in [0.25, 0.3) is 0 Å². The molecule has 0 amide bonds. The Morgan fingerprint density at radius 2 is 1.85 bits per heavy atom. The van der Waals surface area contributed by atoms with Gasteiger partial charge in [-0.1, -0.05) is 40.5 Å². The van der Waals surface area contributed by atoms with Crippen LogP contribution in [0.15, 0.2) is 0 Å². The maximum atomic E-state index is 5.54. The zero-order chi connectivity index (χ0) is 10.3. The molecule has 0 heterocycles. The molecule has 0 nitrogen and oxygen atoms in total. The van der Waals surface area contributed by atoms with E-state index in [4.69, 9.17) is 6.42 Å². The SMILES string of the molecule is C#CC(CC(C)C)C(C)CCCC. The second-order valence-corrected chi connectivity index (χ2v) is 4.52. The van der Waals surface area contributed by atoms with Gasteiger partial charge < -0.3 is 0 Å². The molecule has 0 N–H and O–H groups in total. The lowest BCUT2D eigenvalue weighted by Crippen LogP contribution is -2.12. The maximum absolute atomic E-state index is 5.54.